The number of hydrogen-bond acceptors (Lipinski definition) is 5. The third-order valence-corrected chi connectivity index (χ3v) is 5.70. The number of aromatic nitrogens is 3. The third kappa shape index (κ3) is 1.95. The fourth-order valence-electron chi connectivity index (χ4n) is 2.69. The Balaban J connectivity index is 2.01. The molecule has 20 heavy (non-hydrogen) atoms. The molecule has 8 heteroatoms. The van der Waals surface area contributed by atoms with Crippen LogP contribution >= 0.6 is 0 Å². The van der Waals surface area contributed by atoms with Crippen molar-refractivity contribution in [2.75, 3.05) is 6.54 Å². The maximum Gasteiger partial charge on any atom is 0.248 e. The average molecular weight is 296 g/mol. The number of nitrogens with zero attached hydrogens (tertiary/aromatic N) is 4. The zero-order valence-corrected chi connectivity index (χ0v) is 12.2. The van der Waals surface area contributed by atoms with E-state index in [1.165, 1.54) is 10.6 Å². The third-order valence-electron chi connectivity index (χ3n) is 3.70. The van der Waals surface area contributed by atoms with Gasteiger partial charge in [-0.3, -0.25) is 4.68 Å². The van der Waals surface area contributed by atoms with E-state index in [1.54, 1.807) is 17.8 Å². The summed E-state index contributed by atoms with van der Waals surface area (Å²) >= 11 is 0. The van der Waals surface area contributed by atoms with E-state index in [1.807, 2.05) is 13.1 Å². The molecule has 1 unspecified atom stereocenters. The zero-order valence-electron chi connectivity index (χ0n) is 11.4. The van der Waals surface area contributed by atoms with Crippen molar-refractivity contribution in [3.8, 4) is 0 Å². The lowest BCUT2D eigenvalue weighted by Crippen LogP contribution is -2.31. The summed E-state index contributed by atoms with van der Waals surface area (Å²) in [5.41, 5.74) is 1.29. The minimum absolute atomic E-state index is 0.145. The van der Waals surface area contributed by atoms with Gasteiger partial charge in [0.25, 0.3) is 0 Å². The fourth-order valence-corrected chi connectivity index (χ4v) is 4.44. The molecule has 1 fully saturated rings. The number of hydrogen-bond donors (Lipinski definition) is 0. The van der Waals surface area contributed by atoms with Gasteiger partial charge in [0.15, 0.2) is 0 Å². The summed E-state index contributed by atoms with van der Waals surface area (Å²) in [7, 11) is -1.76. The van der Waals surface area contributed by atoms with Crippen molar-refractivity contribution in [2.45, 2.75) is 30.7 Å². The summed E-state index contributed by atoms with van der Waals surface area (Å²) in [6.45, 7) is 2.13. The first kappa shape index (κ1) is 13.3. The average Bonchev–Trinajstić information content (AvgIpc) is 3.07. The molecule has 0 N–H and O–H groups in total. The molecule has 0 aromatic carbocycles. The quantitative estimate of drug-likeness (QED) is 0.851. The van der Waals surface area contributed by atoms with Gasteiger partial charge < -0.3 is 4.52 Å². The van der Waals surface area contributed by atoms with Gasteiger partial charge in [-0.1, -0.05) is 5.16 Å². The molecule has 0 amide bonds. The highest BCUT2D eigenvalue weighted by atomic mass is 32.2. The second-order valence-electron chi connectivity index (χ2n) is 4.92. The van der Waals surface area contributed by atoms with E-state index < -0.39 is 10.0 Å². The van der Waals surface area contributed by atoms with Crippen molar-refractivity contribution in [1.82, 2.24) is 19.2 Å². The Labute approximate surface area is 117 Å². The molecule has 2 aromatic heterocycles. The SMILES string of the molecule is Cc1nocc1S(=O)(=O)N1CCCC1c1ccnn1C. The molecule has 1 atom stereocenters. The summed E-state index contributed by atoms with van der Waals surface area (Å²) in [5.74, 6) is 0. The molecule has 0 radical (unpaired) electrons. The smallest absolute Gasteiger partial charge is 0.248 e. The normalized spacial score (nSPS) is 20.6. The minimum Gasteiger partial charge on any atom is -0.363 e. The molecule has 108 valence electrons. The molecule has 1 saturated heterocycles. The summed E-state index contributed by atoms with van der Waals surface area (Å²) in [4.78, 5) is 0.145. The van der Waals surface area contributed by atoms with Crippen LogP contribution in [0.4, 0.5) is 0 Å². The lowest BCUT2D eigenvalue weighted by Gasteiger charge is -2.23. The highest BCUT2D eigenvalue weighted by Crippen LogP contribution is 2.36. The fraction of sp³-hybridized carbons (Fsp3) is 0.500. The number of rotatable bonds is 3. The van der Waals surface area contributed by atoms with Crippen LogP contribution in [0.3, 0.4) is 0 Å². The van der Waals surface area contributed by atoms with E-state index in [0.717, 1.165) is 18.5 Å². The molecule has 1 aliphatic rings. The van der Waals surface area contributed by atoms with Crippen LogP contribution in [-0.2, 0) is 17.1 Å². The first-order valence-corrected chi connectivity index (χ1v) is 7.86. The molecule has 0 aliphatic carbocycles. The molecule has 1 aliphatic heterocycles. The first-order chi connectivity index (χ1) is 9.51. The maximum atomic E-state index is 12.7. The number of sulfonamides is 1. The van der Waals surface area contributed by atoms with E-state index in [2.05, 4.69) is 10.3 Å². The lowest BCUT2D eigenvalue weighted by molar-refractivity contribution is 0.379. The van der Waals surface area contributed by atoms with Crippen molar-refractivity contribution in [3.63, 3.8) is 0 Å². The van der Waals surface area contributed by atoms with Crippen LogP contribution in [0.2, 0.25) is 0 Å². The summed E-state index contributed by atoms with van der Waals surface area (Å²) in [5, 5.41) is 7.78. The van der Waals surface area contributed by atoms with Crippen molar-refractivity contribution in [1.29, 1.82) is 0 Å². The van der Waals surface area contributed by atoms with Crippen molar-refractivity contribution >= 4 is 10.0 Å². The van der Waals surface area contributed by atoms with Gasteiger partial charge in [0.1, 0.15) is 16.9 Å². The summed E-state index contributed by atoms with van der Waals surface area (Å²) in [6, 6.07) is 1.68. The standard InChI is InChI=1S/C12H16N4O3S/c1-9-12(8-19-14-9)20(17,18)16-7-3-4-11(16)10-5-6-13-15(10)2/h5-6,8,11H,3-4,7H2,1-2H3. The molecule has 3 rings (SSSR count). The van der Waals surface area contributed by atoms with Crippen LogP contribution in [0.15, 0.2) is 27.9 Å². The highest BCUT2D eigenvalue weighted by molar-refractivity contribution is 7.89. The molecular formula is C12H16N4O3S. The van der Waals surface area contributed by atoms with Crippen LogP contribution < -0.4 is 0 Å². The Morgan fingerprint density at radius 1 is 1.45 bits per heavy atom. The van der Waals surface area contributed by atoms with Crippen LogP contribution in [0.25, 0.3) is 0 Å². The van der Waals surface area contributed by atoms with Gasteiger partial charge >= 0.3 is 0 Å². The Kier molecular flexibility index (Phi) is 3.14. The predicted molar refractivity (Wildman–Crippen MR) is 70.3 cm³/mol. The van der Waals surface area contributed by atoms with Crippen molar-refractivity contribution < 1.29 is 12.9 Å². The second kappa shape index (κ2) is 4.71. The van der Waals surface area contributed by atoms with Crippen LogP contribution in [0.5, 0.6) is 0 Å². The van der Waals surface area contributed by atoms with E-state index in [4.69, 9.17) is 4.52 Å². The van der Waals surface area contributed by atoms with E-state index >= 15 is 0 Å². The largest absolute Gasteiger partial charge is 0.363 e. The molecule has 0 spiro atoms. The Hall–Kier alpha value is -1.67. The van der Waals surface area contributed by atoms with Crippen molar-refractivity contribution in [2.24, 2.45) is 7.05 Å². The Morgan fingerprint density at radius 2 is 2.25 bits per heavy atom. The van der Waals surface area contributed by atoms with Gasteiger partial charge in [-0.25, -0.2) is 8.42 Å². The molecule has 0 bridgehead atoms. The highest BCUT2D eigenvalue weighted by Gasteiger charge is 2.39. The molecular weight excluding hydrogens is 280 g/mol. The Morgan fingerprint density at radius 3 is 2.85 bits per heavy atom. The number of aryl methyl sites for hydroxylation is 2. The van der Waals surface area contributed by atoms with Gasteiger partial charge in [0.05, 0.1) is 11.7 Å². The van der Waals surface area contributed by atoms with Gasteiger partial charge in [-0.15, -0.1) is 0 Å². The maximum absolute atomic E-state index is 12.7. The van der Waals surface area contributed by atoms with E-state index in [9.17, 15) is 8.42 Å². The van der Waals surface area contributed by atoms with Gasteiger partial charge in [0, 0.05) is 19.8 Å². The minimum atomic E-state index is -3.58. The summed E-state index contributed by atoms with van der Waals surface area (Å²) in [6.07, 6.45) is 4.51. The molecule has 7 nitrogen and oxygen atoms in total. The zero-order chi connectivity index (χ0) is 14.3. The van der Waals surface area contributed by atoms with Gasteiger partial charge in [0.2, 0.25) is 10.0 Å². The second-order valence-corrected chi connectivity index (χ2v) is 6.78. The van der Waals surface area contributed by atoms with Crippen LogP contribution in [0.1, 0.15) is 30.3 Å². The predicted octanol–water partition coefficient (Wildman–Crippen LogP) is 1.24. The van der Waals surface area contributed by atoms with Gasteiger partial charge in [-0.05, 0) is 25.8 Å². The van der Waals surface area contributed by atoms with E-state index in [0.29, 0.717) is 12.2 Å². The monoisotopic (exact) mass is 296 g/mol. The molecule has 0 saturated carbocycles. The first-order valence-electron chi connectivity index (χ1n) is 6.42. The van der Waals surface area contributed by atoms with E-state index in [-0.39, 0.29) is 10.9 Å². The van der Waals surface area contributed by atoms with Crippen LogP contribution in [0, 0.1) is 6.92 Å². The summed E-state index contributed by atoms with van der Waals surface area (Å²) < 4.78 is 33.5. The van der Waals surface area contributed by atoms with Crippen molar-refractivity contribution in [3.05, 3.63) is 29.9 Å². The lowest BCUT2D eigenvalue weighted by atomic mass is 10.1. The Bertz CT molecular complexity index is 719. The van der Waals surface area contributed by atoms with Gasteiger partial charge in [-0.2, -0.15) is 9.40 Å². The van der Waals surface area contributed by atoms with Crippen LogP contribution in [-0.4, -0.2) is 34.2 Å². The topological polar surface area (TPSA) is 81.2 Å². The molecule has 3 heterocycles. The molecule has 2 aromatic rings.